The average molecular weight is 393 g/mol. The molecule has 6 nitrogen and oxygen atoms in total. The lowest BCUT2D eigenvalue weighted by atomic mass is 9.73. The van der Waals surface area contributed by atoms with Crippen molar-refractivity contribution in [1.29, 1.82) is 0 Å². The van der Waals surface area contributed by atoms with E-state index in [-0.39, 0.29) is 24.3 Å². The Morgan fingerprint density at radius 1 is 1.17 bits per heavy atom. The molecule has 2 unspecified atom stereocenters. The number of imide groups is 1. The van der Waals surface area contributed by atoms with Gasteiger partial charge in [-0.25, -0.2) is 4.79 Å². The lowest BCUT2D eigenvalue weighted by molar-refractivity contribution is -0.137. The minimum absolute atomic E-state index is 0.0914. The first-order chi connectivity index (χ1) is 14.0. The molecule has 1 heterocycles. The summed E-state index contributed by atoms with van der Waals surface area (Å²) in [7, 11) is 0. The number of nitrogens with zero attached hydrogens (tertiary/aromatic N) is 1. The van der Waals surface area contributed by atoms with E-state index in [1.807, 2.05) is 19.1 Å². The molecule has 1 spiro atoms. The Kier molecular flexibility index (Phi) is 5.26. The monoisotopic (exact) mass is 393 g/mol. The average Bonchev–Trinajstić information content (AvgIpc) is 2.95. The lowest BCUT2D eigenvalue weighted by Crippen LogP contribution is -2.54. The third-order valence-corrected chi connectivity index (χ3v) is 6.35. The summed E-state index contributed by atoms with van der Waals surface area (Å²) < 4.78 is 0. The number of benzene rings is 2. The second-order valence-electron chi connectivity index (χ2n) is 8.22. The van der Waals surface area contributed by atoms with Crippen LogP contribution in [0.1, 0.15) is 38.2 Å². The summed E-state index contributed by atoms with van der Waals surface area (Å²) in [4.78, 5) is 38.7. The van der Waals surface area contributed by atoms with Crippen LogP contribution in [0.25, 0.3) is 10.8 Å². The zero-order valence-corrected chi connectivity index (χ0v) is 16.7. The maximum Gasteiger partial charge on any atom is 0.325 e. The Morgan fingerprint density at radius 3 is 2.76 bits per heavy atom. The SMILES string of the molecule is CC1CCCCC12NC(=O)N(CC(=O)NCCc1ccc3ccccc3c1)C2=O. The van der Waals surface area contributed by atoms with Crippen LogP contribution >= 0.6 is 0 Å². The van der Waals surface area contributed by atoms with E-state index in [4.69, 9.17) is 0 Å². The van der Waals surface area contributed by atoms with Gasteiger partial charge in [0.2, 0.25) is 5.91 Å². The van der Waals surface area contributed by atoms with Crippen molar-refractivity contribution in [2.75, 3.05) is 13.1 Å². The number of hydrogen-bond acceptors (Lipinski definition) is 3. The predicted molar refractivity (Wildman–Crippen MR) is 111 cm³/mol. The Labute approximate surface area is 170 Å². The number of fused-ring (bicyclic) bond motifs is 1. The summed E-state index contributed by atoms with van der Waals surface area (Å²) in [5.41, 5.74) is 0.315. The minimum atomic E-state index is -0.819. The number of carbonyl (C=O) groups excluding carboxylic acids is 3. The Bertz CT molecular complexity index is 957. The van der Waals surface area contributed by atoms with E-state index in [2.05, 4.69) is 41.0 Å². The summed E-state index contributed by atoms with van der Waals surface area (Å²) in [5, 5.41) is 8.07. The number of nitrogens with one attached hydrogen (secondary N) is 2. The molecule has 1 saturated heterocycles. The van der Waals surface area contributed by atoms with E-state index < -0.39 is 11.6 Å². The first-order valence-electron chi connectivity index (χ1n) is 10.4. The van der Waals surface area contributed by atoms with Crippen molar-refractivity contribution in [3.8, 4) is 0 Å². The summed E-state index contributed by atoms with van der Waals surface area (Å²) >= 11 is 0. The summed E-state index contributed by atoms with van der Waals surface area (Å²) in [6.07, 6.45) is 4.25. The lowest BCUT2D eigenvalue weighted by Gasteiger charge is -2.36. The molecular weight excluding hydrogens is 366 g/mol. The van der Waals surface area contributed by atoms with Crippen LogP contribution < -0.4 is 10.6 Å². The van der Waals surface area contributed by atoms with Crippen molar-refractivity contribution in [2.24, 2.45) is 5.92 Å². The van der Waals surface area contributed by atoms with Gasteiger partial charge in [-0.3, -0.25) is 14.5 Å². The molecular formula is C23H27N3O3. The van der Waals surface area contributed by atoms with E-state index in [9.17, 15) is 14.4 Å². The van der Waals surface area contributed by atoms with Gasteiger partial charge in [-0.15, -0.1) is 0 Å². The smallest absolute Gasteiger partial charge is 0.325 e. The second-order valence-corrected chi connectivity index (χ2v) is 8.22. The highest BCUT2D eigenvalue weighted by atomic mass is 16.2. The number of rotatable bonds is 5. The molecule has 6 heteroatoms. The van der Waals surface area contributed by atoms with Gasteiger partial charge in [0.05, 0.1) is 0 Å². The first-order valence-corrected chi connectivity index (χ1v) is 10.4. The molecule has 29 heavy (non-hydrogen) atoms. The molecule has 4 amide bonds. The molecule has 2 aromatic carbocycles. The second kappa shape index (κ2) is 7.85. The van der Waals surface area contributed by atoms with Gasteiger partial charge in [-0.1, -0.05) is 62.2 Å². The first kappa shape index (κ1) is 19.4. The zero-order valence-electron chi connectivity index (χ0n) is 16.7. The van der Waals surface area contributed by atoms with Gasteiger partial charge in [0, 0.05) is 6.54 Å². The van der Waals surface area contributed by atoms with E-state index >= 15 is 0 Å². The Hall–Kier alpha value is -2.89. The largest absolute Gasteiger partial charge is 0.354 e. The number of hydrogen-bond donors (Lipinski definition) is 2. The fourth-order valence-electron chi connectivity index (χ4n) is 4.58. The highest BCUT2D eigenvalue weighted by molar-refractivity contribution is 6.09. The topological polar surface area (TPSA) is 78.5 Å². The molecule has 2 fully saturated rings. The molecule has 2 aromatic rings. The highest BCUT2D eigenvalue weighted by Gasteiger charge is 2.55. The molecule has 1 aliphatic carbocycles. The van der Waals surface area contributed by atoms with Crippen LogP contribution in [0.5, 0.6) is 0 Å². The quantitative estimate of drug-likeness (QED) is 0.767. The molecule has 2 N–H and O–H groups in total. The maximum atomic E-state index is 12.9. The summed E-state index contributed by atoms with van der Waals surface area (Å²) in [6, 6.07) is 13.9. The Morgan fingerprint density at radius 2 is 1.97 bits per heavy atom. The summed E-state index contributed by atoms with van der Waals surface area (Å²) in [5.74, 6) is -0.470. The molecule has 0 aromatic heterocycles. The van der Waals surface area contributed by atoms with Gasteiger partial charge < -0.3 is 10.6 Å². The molecule has 0 bridgehead atoms. The highest BCUT2D eigenvalue weighted by Crippen LogP contribution is 2.38. The molecule has 0 radical (unpaired) electrons. The third-order valence-electron chi connectivity index (χ3n) is 6.35. The normalized spacial score (nSPS) is 24.2. The number of urea groups is 1. The van der Waals surface area contributed by atoms with Crippen molar-refractivity contribution in [2.45, 2.75) is 44.6 Å². The molecule has 1 aliphatic heterocycles. The van der Waals surface area contributed by atoms with Gasteiger partial charge in [0.15, 0.2) is 0 Å². The van der Waals surface area contributed by atoms with Crippen LogP contribution in [0.3, 0.4) is 0 Å². The van der Waals surface area contributed by atoms with Crippen LogP contribution in [-0.2, 0) is 16.0 Å². The standard InChI is InChI=1S/C23H27N3O3/c1-16-6-4-5-12-23(16)21(28)26(22(29)25-23)15-20(27)24-13-11-17-9-10-18-7-2-3-8-19(18)14-17/h2-3,7-10,14,16H,4-6,11-13,15H2,1H3,(H,24,27)(H,25,29). The fourth-order valence-corrected chi connectivity index (χ4v) is 4.58. The Balaban J connectivity index is 1.32. The van der Waals surface area contributed by atoms with Crippen molar-refractivity contribution in [3.63, 3.8) is 0 Å². The third kappa shape index (κ3) is 3.71. The van der Waals surface area contributed by atoms with Crippen LogP contribution in [0, 0.1) is 5.92 Å². The van der Waals surface area contributed by atoms with Crippen LogP contribution in [0.2, 0.25) is 0 Å². The molecule has 1 saturated carbocycles. The van der Waals surface area contributed by atoms with Crippen molar-refractivity contribution < 1.29 is 14.4 Å². The number of amides is 4. The predicted octanol–water partition coefficient (Wildman–Crippen LogP) is 3.00. The maximum absolute atomic E-state index is 12.9. The molecule has 152 valence electrons. The number of carbonyl (C=O) groups is 3. The van der Waals surface area contributed by atoms with E-state index in [1.54, 1.807) is 0 Å². The van der Waals surface area contributed by atoms with Crippen molar-refractivity contribution in [3.05, 3.63) is 48.0 Å². The fraction of sp³-hybridized carbons (Fsp3) is 0.435. The molecule has 4 rings (SSSR count). The minimum Gasteiger partial charge on any atom is -0.354 e. The van der Waals surface area contributed by atoms with Gasteiger partial charge >= 0.3 is 6.03 Å². The van der Waals surface area contributed by atoms with Crippen LogP contribution in [0.15, 0.2) is 42.5 Å². The van der Waals surface area contributed by atoms with E-state index in [1.165, 1.54) is 10.8 Å². The van der Waals surface area contributed by atoms with Gasteiger partial charge in [0.1, 0.15) is 12.1 Å². The van der Waals surface area contributed by atoms with Gasteiger partial charge in [-0.05, 0) is 41.5 Å². The molecule has 2 aliphatic rings. The molecule has 2 atom stereocenters. The van der Waals surface area contributed by atoms with Crippen LogP contribution in [0.4, 0.5) is 4.79 Å². The van der Waals surface area contributed by atoms with Gasteiger partial charge in [-0.2, -0.15) is 0 Å². The van der Waals surface area contributed by atoms with E-state index in [0.717, 1.165) is 29.7 Å². The van der Waals surface area contributed by atoms with E-state index in [0.29, 0.717) is 19.4 Å². The zero-order chi connectivity index (χ0) is 20.4. The van der Waals surface area contributed by atoms with Gasteiger partial charge in [0.25, 0.3) is 5.91 Å². The van der Waals surface area contributed by atoms with Crippen molar-refractivity contribution in [1.82, 2.24) is 15.5 Å². The van der Waals surface area contributed by atoms with Crippen molar-refractivity contribution >= 4 is 28.6 Å². The summed E-state index contributed by atoms with van der Waals surface area (Å²) in [6.45, 7) is 2.24. The van der Waals surface area contributed by atoms with Crippen LogP contribution in [-0.4, -0.2) is 41.4 Å².